The predicted molar refractivity (Wildman–Crippen MR) is 98.8 cm³/mol. The van der Waals surface area contributed by atoms with Crippen molar-refractivity contribution in [1.29, 1.82) is 0 Å². The standard InChI is InChI=1S/C21H28N2O2/c1-3-15-12(2)13-9-21(11-24)19-16(6-7-23(10-13)20(15)21)17-8-14(25)4-5-18(17)22-19/h4-5,8,12-13,15,20,22,24-25H,3,6-7,9-11H2,1-2H3. The number of aromatic hydroxyl groups is 1. The summed E-state index contributed by atoms with van der Waals surface area (Å²) in [5, 5.41) is 21.8. The Balaban J connectivity index is 1.76. The molecule has 6 rings (SSSR count). The van der Waals surface area contributed by atoms with E-state index in [1.165, 1.54) is 24.2 Å². The van der Waals surface area contributed by atoms with Gasteiger partial charge in [0.05, 0.1) is 6.61 Å². The number of aliphatic hydroxyl groups excluding tert-OH is 1. The Morgan fingerprint density at radius 3 is 2.96 bits per heavy atom. The summed E-state index contributed by atoms with van der Waals surface area (Å²) in [5.41, 5.74) is 3.47. The molecule has 2 saturated heterocycles. The molecule has 4 heteroatoms. The summed E-state index contributed by atoms with van der Waals surface area (Å²) in [7, 11) is 0. The molecule has 6 unspecified atom stereocenters. The minimum atomic E-state index is -0.184. The molecule has 1 aromatic carbocycles. The largest absolute Gasteiger partial charge is 0.508 e. The zero-order chi connectivity index (χ0) is 17.3. The first-order chi connectivity index (χ1) is 12.1. The number of aliphatic hydroxyl groups is 1. The van der Waals surface area contributed by atoms with Crippen molar-refractivity contribution in [3.8, 4) is 5.75 Å². The van der Waals surface area contributed by atoms with Crippen LogP contribution in [0.4, 0.5) is 0 Å². The lowest BCUT2D eigenvalue weighted by Gasteiger charge is -2.61. The first-order valence-corrected chi connectivity index (χ1v) is 9.78. The Morgan fingerprint density at radius 2 is 2.20 bits per heavy atom. The second-order valence-corrected chi connectivity index (χ2v) is 8.61. The van der Waals surface area contributed by atoms with E-state index in [9.17, 15) is 10.2 Å². The number of nitrogens with one attached hydrogen (secondary N) is 1. The first-order valence-electron chi connectivity index (χ1n) is 9.78. The van der Waals surface area contributed by atoms with Crippen LogP contribution in [-0.2, 0) is 11.8 Å². The van der Waals surface area contributed by atoms with Gasteiger partial charge in [-0.25, -0.2) is 0 Å². The maximum Gasteiger partial charge on any atom is 0.116 e. The summed E-state index contributed by atoms with van der Waals surface area (Å²) in [4.78, 5) is 6.34. The summed E-state index contributed by atoms with van der Waals surface area (Å²) in [6, 6.07) is 6.03. The van der Waals surface area contributed by atoms with Gasteiger partial charge in [0, 0.05) is 41.1 Å². The Bertz CT molecular complexity index is 829. The van der Waals surface area contributed by atoms with Crippen LogP contribution in [0.15, 0.2) is 18.2 Å². The zero-order valence-corrected chi connectivity index (χ0v) is 15.1. The van der Waals surface area contributed by atoms with Gasteiger partial charge >= 0.3 is 0 Å². The van der Waals surface area contributed by atoms with Gasteiger partial charge in [-0.3, -0.25) is 4.90 Å². The number of fused-ring (bicyclic) bond motifs is 4. The molecule has 134 valence electrons. The molecule has 25 heavy (non-hydrogen) atoms. The van der Waals surface area contributed by atoms with Gasteiger partial charge in [0.15, 0.2) is 0 Å². The normalized spacial score (nSPS) is 39.4. The number of phenolic OH excluding ortho intramolecular Hbond substituents is 1. The molecule has 3 aliphatic heterocycles. The van der Waals surface area contributed by atoms with Gasteiger partial charge in [0.1, 0.15) is 5.75 Å². The van der Waals surface area contributed by atoms with Crippen molar-refractivity contribution in [1.82, 2.24) is 9.88 Å². The van der Waals surface area contributed by atoms with Gasteiger partial charge in [0.25, 0.3) is 0 Å². The van der Waals surface area contributed by atoms with Gasteiger partial charge in [-0.2, -0.15) is 0 Å². The first kappa shape index (κ1) is 15.7. The third kappa shape index (κ3) is 1.90. The summed E-state index contributed by atoms with van der Waals surface area (Å²) in [5.74, 6) is 2.36. The number of H-pyrrole nitrogens is 1. The molecule has 4 nitrogen and oxygen atoms in total. The maximum atomic E-state index is 10.7. The highest BCUT2D eigenvalue weighted by atomic mass is 16.3. The van der Waals surface area contributed by atoms with E-state index in [-0.39, 0.29) is 12.0 Å². The van der Waals surface area contributed by atoms with Crippen LogP contribution in [0.5, 0.6) is 5.75 Å². The highest BCUT2D eigenvalue weighted by Crippen LogP contribution is 2.56. The van der Waals surface area contributed by atoms with Gasteiger partial charge < -0.3 is 15.2 Å². The Hall–Kier alpha value is -1.52. The maximum absolute atomic E-state index is 10.7. The number of nitrogens with zero attached hydrogens (tertiary/aromatic N) is 1. The van der Waals surface area contributed by atoms with E-state index in [2.05, 4.69) is 23.7 Å². The van der Waals surface area contributed by atoms with Crippen molar-refractivity contribution < 1.29 is 10.2 Å². The fraction of sp³-hybridized carbons (Fsp3) is 0.619. The molecule has 2 aromatic rings. The van der Waals surface area contributed by atoms with Crippen LogP contribution >= 0.6 is 0 Å². The van der Waals surface area contributed by atoms with Gasteiger partial charge in [-0.05, 0) is 54.4 Å². The zero-order valence-electron chi connectivity index (χ0n) is 15.1. The van der Waals surface area contributed by atoms with E-state index in [1.54, 1.807) is 6.07 Å². The summed E-state index contributed by atoms with van der Waals surface area (Å²) >= 11 is 0. The topological polar surface area (TPSA) is 59.5 Å². The van der Waals surface area contributed by atoms with Gasteiger partial charge in [-0.1, -0.05) is 20.3 Å². The molecular weight excluding hydrogens is 312 g/mol. The number of piperidine rings is 2. The summed E-state index contributed by atoms with van der Waals surface area (Å²) < 4.78 is 0. The van der Waals surface area contributed by atoms with E-state index in [1.807, 2.05) is 12.1 Å². The van der Waals surface area contributed by atoms with Crippen LogP contribution in [0.1, 0.15) is 37.9 Å². The molecule has 0 amide bonds. The fourth-order valence-corrected chi connectivity index (χ4v) is 6.58. The molecule has 3 fully saturated rings. The average Bonchev–Trinajstić information content (AvgIpc) is 2.95. The number of phenols is 1. The van der Waals surface area contributed by atoms with Crippen molar-refractivity contribution in [2.75, 3.05) is 19.7 Å². The van der Waals surface area contributed by atoms with Crippen molar-refractivity contribution in [3.05, 3.63) is 29.5 Å². The van der Waals surface area contributed by atoms with Gasteiger partial charge in [-0.15, -0.1) is 0 Å². The molecule has 0 spiro atoms. The summed E-state index contributed by atoms with van der Waals surface area (Å²) in [6.07, 6.45) is 3.25. The number of aromatic nitrogens is 1. The molecule has 6 atom stereocenters. The SMILES string of the molecule is CCC1C(C)C2CN3CCc4c([nH]c5ccc(O)cc45)C(CO)(C2)C13. The minimum Gasteiger partial charge on any atom is -0.508 e. The number of hydrogen-bond donors (Lipinski definition) is 3. The Morgan fingerprint density at radius 1 is 1.36 bits per heavy atom. The van der Waals surface area contributed by atoms with Crippen LogP contribution in [0, 0.1) is 17.8 Å². The number of rotatable bonds is 2. The van der Waals surface area contributed by atoms with Crippen LogP contribution in [-0.4, -0.2) is 45.8 Å². The van der Waals surface area contributed by atoms with Crippen LogP contribution in [0.2, 0.25) is 0 Å². The van der Waals surface area contributed by atoms with Crippen molar-refractivity contribution >= 4 is 10.9 Å². The Labute approximate surface area is 148 Å². The fourth-order valence-electron chi connectivity index (χ4n) is 6.58. The van der Waals surface area contributed by atoms with E-state index < -0.39 is 0 Å². The number of hydrogen-bond acceptors (Lipinski definition) is 3. The second-order valence-electron chi connectivity index (χ2n) is 8.61. The number of aromatic amines is 1. The Kier molecular flexibility index (Phi) is 3.29. The minimum absolute atomic E-state index is 0.184. The van der Waals surface area contributed by atoms with Crippen molar-refractivity contribution in [2.24, 2.45) is 17.8 Å². The van der Waals surface area contributed by atoms with E-state index in [0.717, 1.165) is 36.2 Å². The smallest absolute Gasteiger partial charge is 0.116 e. The van der Waals surface area contributed by atoms with E-state index in [4.69, 9.17) is 0 Å². The summed E-state index contributed by atoms with van der Waals surface area (Å²) in [6.45, 7) is 7.18. The third-order valence-electron chi connectivity index (χ3n) is 7.67. The van der Waals surface area contributed by atoms with Crippen molar-refractivity contribution in [2.45, 2.75) is 44.6 Å². The highest BCUT2D eigenvalue weighted by Gasteiger charge is 2.60. The molecule has 4 aliphatic rings. The second kappa shape index (κ2) is 5.24. The molecular formula is C21H28N2O2. The van der Waals surface area contributed by atoms with Crippen molar-refractivity contribution in [3.63, 3.8) is 0 Å². The molecule has 1 saturated carbocycles. The molecule has 0 radical (unpaired) electrons. The monoisotopic (exact) mass is 340 g/mol. The molecule has 1 aromatic heterocycles. The van der Waals surface area contributed by atoms with E-state index >= 15 is 0 Å². The highest BCUT2D eigenvalue weighted by molar-refractivity contribution is 5.86. The van der Waals surface area contributed by atoms with Crippen LogP contribution in [0.3, 0.4) is 0 Å². The lowest BCUT2D eigenvalue weighted by atomic mass is 9.53. The lowest BCUT2D eigenvalue weighted by Crippen LogP contribution is -2.68. The molecule has 4 heterocycles. The quantitative estimate of drug-likeness (QED) is 0.787. The predicted octanol–water partition coefficient (Wildman–Crippen LogP) is 3.03. The molecule has 4 bridgehead atoms. The van der Waals surface area contributed by atoms with Crippen LogP contribution in [0.25, 0.3) is 10.9 Å². The van der Waals surface area contributed by atoms with Gasteiger partial charge in [0.2, 0.25) is 0 Å². The number of benzene rings is 1. The molecule has 1 aliphatic carbocycles. The average molecular weight is 340 g/mol. The third-order valence-corrected chi connectivity index (χ3v) is 7.67. The lowest BCUT2D eigenvalue weighted by molar-refractivity contribution is -0.108. The molecule has 3 N–H and O–H groups in total. The van der Waals surface area contributed by atoms with E-state index in [0.29, 0.717) is 23.6 Å². The van der Waals surface area contributed by atoms with Crippen LogP contribution < -0.4 is 0 Å².